The molecule has 0 spiro atoms. The summed E-state index contributed by atoms with van der Waals surface area (Å²) in [7, 11) is 0. The van der Waals surface area contributed by atoms with E-state index in [1.54, 1.807) is 0 Å². The van der Waals surface area contributed by atoms with Crippen molar-refractivity contribution in [2.24, 2.45) is 5.73 Å². The lowest BCUT2D eigenvalue weighted by Gasteiger charge is -2.14. The topological polar surface area (TPSA) is 135 Å². The lowest BCUT2D eigenvalue weighted by atomic mass is 10.1. The van der Waals surface area contributed by atoms with Gasteiger partial charge in [-0.2, -0.15) is 0 Å². The van der Waals surface area contributed by atoms with Crippen LogP contribution in [0.5, 0.6) is 0 Å². The minimum Gasteiger partial charge on any atom is -0.480 e. The lowest BCUT2D eigenvalue weighted by molar-refractivity contribution is -0.139. The van der Waals surface area contributed by atoms with Crippen LogP contribution in [0.2, 0.25) is 0 Å². The van der Waals surface area contributed by atoms with E-state index >= 15 is 0 Å². The first-order valence-electron chi connectivity index (χ1n) is 6.11. The highest BCUT2D eigenvalue weighted by Crippen LogP contribution is 2.05. The second-order valence-electron chi connectivity index (χ2n) is 4.12. The highest BCUT2D eigenvalue weighted by molar-refractivity contribution is 6.04. The number of hydrogen-bond donors (Lipinski definition) is 3. The number of amides is 2. The molecule has 0 bridgehead atoms. The van der Waals surface area contributed by atoms with Gasteiger partial charge in [-0.15, -0.1) is 0 Å². The molecule has 8 nitrogen and oxygen atoms in total. The number of nitrogens with zero attached hydrogens (tertiary/aromatic N) is 2. The highest BCUT2D eigenvalue weighted by Gasteiger charge is 2.24. The quantitative estimate of drug-likeness (QED) is 0.640. The van der Waals surface area contributed by atoms with E-state index in [4.69, 9.17) is 10.8 Å². The Hall–Kier alpha value is -2.51. The monoisotopic (exact) mass is 280 g/mol. The van der Waals surface area contributed by atoms with E-state index in [-0.39, 0.29) is 11.4 Å². The van der Waals surface area contributed by atoms with Crippen molar-refractivity contribution < 1.29 is 19.5 Å². The van der Waals surface area contributed by atoms with Crippen LogP contribution >= 0.6 is 0 Å². The molecule has 0 aliphatic rings. The van der Waals surface area contributed by atoms with Gasteiger partial charge in [0.1, 0.15) is 6.04 Å². The Morgan fingerprint density at radius 2 is 1.90 bits per heavy atom. The minimum atomic E-state index is -1.14. The molecule has 2 amide bonds. The van der Waals surface area contributed by atoms with Gasteiger partial charge in [0.25, 0.3) is 11.8 Å². The number of hydrogen-bond acceptors (Lipinski definition) is 5. The van der Waals surface area contributed by atoms with E-state index in [0.29, 0.717) is 12.8 Å². The molecule has 1 atom stereocenters. The summed E-state index contributed by atoms with van der Waals surface area (Å²) in [4.78, 5) is 41.5. The van der Waals surface area contributed by atoms with Crippen LogP contribution in [0.1, 0.15) is 47.2 Å². The zero-order chi connectivity index (χ0) is 15.1. The van der Waals surface area contributed by atoms with Crippen molar-refractivity contribution in [2.75, 3.05) is 0 Å². The zero-order valence-electron chi connectivity index (χ0n) is 11.0. The van der Waals surface area contributed by atoms with E-state index in [1.807, 2.05) is 6.92 Å². The van der Waals surface area contributed by atoms with Crippen LogP contribution < -0.4 is 11.1 Å². The largest absolute Gasteiger partial charge is 0.480 e. The fraction of sp³-hybridized carbons (Fsp3) is 0.417. The number of unbranched alkanes of at least 4 members (excludes halogenated alkanes) is 1. The Morgan fingerprint density at radius 1 is 1.30 bits per heavy atom. The van der Waals surface area contributed by atoms with Gasteiger partial charge in [0.2, 0.25) is 0 Å². The zero-order valence-corrected chi connectivity index (χ0v) is 11.0. The van der Waals surface area contributed by atoms with E-state index in [9.17, 15) is 14.4 Å². The molecule has 8 heteroatoms. The van der Waals surface area contributed by atoms with E-state index < -0.39 is 23.8 Å². The first kappa shape index (κ1) is 15.5. The first-order valence-corrected chi connectivity index (χ1v) is 6.11. The molecule has 1 heterocycles. The predicted molar refractivity (Wildman–Crippen MR) is 69.0 cm³/mol. The molecule has 0 aromatic carbocycles. The van der Waals surface area contributed by atoms with Gasteiger partial charge >= 0.3 is 5.97 Å². The molecule has 4 N–H and O–H groups in total. The fourth-order valence-corrected chi connectivity index (χ4v) is 1.58. The van der Waals surface area contributed by atoms with Crippen LogP contribution in [0, 0.1) is 0 Å². The molecule has 0 aliphatic carbocycles. The van der Waals surface area contributed by atoms with Gasteiger partial charge < -0.3 is 16.2 Å². The fourth-order valence-electron chi connectivity index (χ4n) is 1.58. The summed E-state index contributed by atoms with van der Waals surface area (Å²) in [6.45, 7) is 1.91. The van der Waals surface area contributed by atoms with E-state index in [1.165, 1.54) is 12.4 Å². The maximum absolute atomic E-state index is 12.0. The molecule has 0 radical (unpaired) electrons. The molecular formula is C12H16N4O4. The van der Waals surface area contributed by atoms with Gasteiger partial charge in [-0.1, -0.05) is 19.8 Å². The third-order valence-corrected chi connectivity index (χ3v) is 2.60. The molecule has 1 aromatic rings. The molecule has 1 rings (SSSR count). The molecular weight excluding hydrogens is 264 g/mol. The average Bonchev–Trinajstić information content (AvgIpc) is 2.42. The molecule has 0 fully saturated rings. The number of aromatic nitrogens is 2. The Bertz CT molecular complexity index is 518. The third kappa shape index (κ3) is 4.01. The molecule has 1 unspecified atom stereocenters. The molecule has 0 saturated carbocycles. The van der Waals surface area contributed by atoms with E-state index in [2.05, 4.69) is 15.3 Å². The van der Waals surface area contributed by atoms with Gasteiger partial charge in [-0.05, 0) is 6.42 Å². The normalized spacial score (nSPS) is 11.7. The number of carboxylic acids is 1. The predicted octanol–water partition coefficient (Wildman–Crippen LogP) is -0.0513. The minimum absolute atomic E-state index is 0.275. The second-order valence-corrected chi connectivity index (χ2v) is 4.12. The smallest absolute Gasteiger partial charge is 0.326 e. The van der Waals surface area contributed by atoms with Gasteiger partial charge in [0, 0.05) is 12.4 Å². The van der Waals surface area contributed by atoms with Crippen molar-refractivity contribution >= 4 is 17.8 Å². The average molecular weight is 280 g/mol. The molecule has 0 saturated heterocycles. The van der Waals surface area contributed by atoms with Crippen LogP contribution in [-0.2, 0) is 4.79 Å². The Labute approximate surface area is 115 Å². The number of carbonyl (C=O) groups excluding carboxylic acids is 2. The standard InChI is InChI=1S/C12H16N4O4/c1-2-3-4-7(12(19)20)16-11(18)9-8(10(13)17)14-5-6-15-9/h5-7H,2-4H2,1H3,(H2,13,17)(H,16,18)(H,19,20). The molecule has 108 valence electrons. The van der Waals surface area contributed by atoms with E-state index in [0.717, 1.165) is 6.42 Å². The highest BCUT2D eigenvalue weighted by atomic mass is 16.4. The summed E-state index contributed by atoms with van der Waals surface area (Å²) < 4.78 is 0. The summed E-state index contributed by atoms with van der Waals surface area (Å²) in [5.74, 6) is -2.82. The third-order valence-electron chi connectivity index (χ3n) is 2.60. The summed E-state index contributed by atoms with van der Waals surface area (Å²) >= 11 is 0. The number of primary amides is 1. The number of nitrogens with two attached hydrogens (primary N) is 1. The van der Waals surface area contributed by atoms with Crippen molar-refractivity contribution in [3.8, 4) is 0 Å². The van der Waals surface area contributed by atoms with Crippen molar-refractivity contribution in [1.82, 2.24) is 15.3 Å². The molecule has 0 aliphatic heterocycles. The molecule has 20 heavy (non-hydrogen) atoms. The Balaban J connectivity index is 2.89. The second kappa shape index (κ2) is 7.17. The SMILES string of the molecule is CCCCC(NC(=O)c1nccnc1C(N)=O)C(=O)O. The van der Waals surface area contributed by atoms with Crippen LogP contribution in [0.4, 0.5) is 0 Å². The first-order chi connectivity index (χ1) is 9.47. The Morgan fingerprint density at radius 3 is 2.40 bits per heavy atom. The van der Waals surface area contributed by atoms with Gasteiger partial charge in [-0.3, -0.25) is 9.59 Å². The summed E-state index contributed by atoms with van der Waals surface area (Å²) in [5.41, 5.74) is 4.52. The van der Waals surface area contributed by atoms with Gasteiger partial charge in [0.15, 0.2) is 11.4 Å². The number of nitrogens with one attached hydrogen (secondary N) is 1. The maximum atomic E-state index is 12.0. The van der Waals surface area contributed by atoms with Crippen molar-refractivity contribution in [2.45, 2.75) is 32.2 Å². The van der Waals surface area contributed by atoms with Crippen LogP contribution in [0.25, 0.3) is 0 Å². The summed E-state index contributed by atoms with van der Waals surface area (Å²) in [5, 5.41) is 11.3. The van der Waals surface area contributed by atoms with Crippen molar-refractivity contribution in [3.05, 3.63) is 23.8 Å². The number of carboxylic acid groups (broad SMARTS) is 1. The lowest BCUT2D eigenvalue weighted by Crippen LogP contribution is -2.42. The number of aliphatic carboxylic acids is 1. The summed E-state index contributed by atoms with van der Waals surface area (Å²) in [6, 6.07) is -1.04. The van der Waals surface area contributed by atoms with Crippen LogP contribution in [0.15, 0.2) is 12.4 Å². The van der Waals surface area contributed by atoms with Crippen LogP contribution in [0.3, 0.4) is 0 Å². The number of carbonyl (C=O) groups is 3. The Kier molecular flexibility index (Phi) is 5.57. The van der Waals surface area contributed by atoms with Crippen molar-refractivity contribution in [3.63, 3.8) is 0 Å². The molecule has 1 aromatic heterocycles. The van der Waals surface area contributed by atoms with Gasteiger partial charge in [0.05, 0.1) is 0 Å². The van der Waals surface area contributed by atoms with Crippen molar-refractivity contribution in [1.29, 1.82) is 0 Å². The van der Waals surface area contributed by atoms with Crippen LogP contribution in [-0.4, -0.2) is 38.9 Å². The number of rotatable bonds is 7. The van der Waals surface area contributed by atoms with Gasteiger partial charge in [-0.25, -0.2) is 14.8 Å². The maximum Gasteiger partial charge on any atom is 0.326 e. The summed E-state index contributed by atoms with van der Waals surface area (Å²) in [6.07, 6.45) is 4.20.